The van der Waals surface area contributed by atoms with E-state index >= 15 is 0 Å². The van der Waals surface area contributed by atoms with Gasteiger partial charge in [-0.15, -0.1) is 24.0 Å². The number of halogens is 1. The third kappa shape index (κ3) is 8.32. The lowest BCUT2D eigenvalue weighted by Crippen LogP contribution is -2.57. The molecule has 1 N–H and O–H groups in total. The summed E-state index contributed by atoms with van der Waals surface area (Å²) in [7, 11) is 3.63. The van der Waals surface area contributed by atoms with Crippen LogP contribution in [0.5, 0.6) is 0 Å². The van der Waals surface area contributed by atoms with E-state index < -0.39 is 0 Å². The van der Waals surface area contributed by atoms with Crippen LogP contribution in [-0.2, 0) is 9.47 Å². The van der Waals surface area contributed by atoms with Crippen LogP contribution in [0.4, 0.5) is 0 Å². The predicted molar refractivity (Wildman–Crippen MR) is 128 cm³/mol. The Kier molecular flexibility index (Phi) is 12.3. The molecule has 0 aromatic carbocycles. The second kappa shape index (κ2) is 13.2. The minimum absolute atomic E-state index is 0. The summed E-state index contributed by atoms with van der Waals surface area (Å²) >= 11 is 0. The highest BCUT2D eigenvalue weighted by Gasteiger charge is 2.31. The fraction of sp³-hybridized carbons (Fsp3) is 0.952. The zero-order valence-electron chi connectivity index (χ0n) is 18.7. The van der Waals surface area contributed by atoms with Crippen molar-refractivity contribution in [2.24, 2.45) is 10.9 Å². The Hall–Kier alpha value is -0.120. The number of hydrogen-bond donors (Lipinski definition) is 1. The van der Waals surface area contributed by atoms with Gasteiger partial charge in [-0.1, -0.05) is 6.92 Å². The molecule has 7 heteroatoms. The maximum atomic E-state index is 5.98. The fourth-order valence-electron chi connectivity index (χ4n) is 4.17. The quantitative estimate of drug-likeness (QED) is 0.235. The molecule has 2 saturated heterocycles. The predicted octanol–water partition coefficient (Wildman–Crippen LogP) is 3.21. The van der Waals surface area contributed by atoms with Crippen molar-refractivity contribution in [3.63, 3.8) is 0 Å². The Labute approximate surface area is 189 Å². The number of likely N-dealkylation sites (tertiary alicyclic amines) is 2. The normalized spacial score (nSPS) is 22.8. The number of methoxy groups -OCH3 is 1. The van der Waals surface area contributed by atoms with Gasteiger partial charge in [0, 0.05) is 59.1 Å². The summed E-state index contributed by atoms with van der Waals surface area (Å²) in [6.07, 6.45) is 6.18. The fourth-order valence-corrected chi connectivity index (χ4v) is 4.17. The highest BCUT2D eigenvalue weighted by atomic mass is 127. The van der Waals surface area contributed by atoms with E-state index in [-0.39, 0.29) is 29.5 Å². The number of ether oxygens (including phenoxy) is 2. The first kappa shape index (κ1) is 25.9. The molecule has 166 valence electrons. The number of aliphatic imine (C=N–C) groups is 1. The van der Waals surface area contributed by atoms with Gasteiger partial charge in [0.1, 0.15) is 0 Å². The molecule has 0 radical (unpaired) electrons. The monoisotopic (exact) mass is 510 g/mol. The average Bonchev–Trinajstić information content (AvgIpc) is 2.67. The molecule has 28 heavy (non-hydrogen) atoms. The SMILES string of the molecule is CN=C(NCC(C)(C)N1CCCC(C)C1)N1CCC(OCCCOC)CC1.I. The number of piperidine rings is 2. The van der Waals surface area contributed by atoms with Gasteiger partial charge < -0.3 is 19.7 Å². The summed E-state index contributed by atoms with van der Waals surface area (Å²) in [6.45, 7) is 14.0. The largest absolute Gasteiger partial charge is 0.385 e. The van der Waals surface area contributed by atoms with Crippen molar-refractivity contribution in [2.45, 2.75) is 64.5 Å². The minimum Gasteiger partial charge on any atom is -0.385 e. The van der Waals surface area contributed by atoms with Crippen molar-refractivity contribution in [3.05, 3.63) is 0 Å². The number of rotatable bonds is 8. The molecular formula is C21H43IN4O2. The molecule has 0 aromatic rings. The molecule has 2 heterocycles. The smallest absolute Gasteiger partial charge is 0.193 e. The Bertz CT molecular complexity index is 454. The molecule has 6 nitrogen and oxygen atoms in total. The lowest BCUT2D eigenvalue weighted by atomic mass is 9.93. The van der Waals surface area contributed by atoms with Crippen LogP contribution in [0.2, 0.25) is 0 Å². The molecule has 1 unspecified atom stereocenters. The molecule has 0 aliphatic carbocycles. The first-order valence-corrected chi connectivity index (χ1v) is 10.8. The molecule has 2 fully saturated rings. The van der Waals surface area contributed by atoms with E-state index in [0.717, 1.165) is 64.0 Å². The van der Waals surface area contributed by atoms with E-state index in [1.165, 1.54) is 25.9 Å². The van der Waals surface area contributed by atoms with E-state index in [4.69, 9.17) is 9.47 Å². The first-order chi connectivity index (χ1) is 13.0. The van der Waals surface area contributed by atoms with E-state index in [2.05, 4.69) is 40.9 Å². The molecule has 0 aromatic heterocycles. The second-order valence-corrected chi connectivity index (χ2v) is 8.81. The van der Waals surface area contributed by atoms with Gasteiger partial charge in [-0.2, -0.15) is 0 Å². The van der Waals surface area contributed by atoms with E-state index in [9.17, 15) is 0 Å². The topological polar surface area (TPSA) is 49.3 Å². The van der Waals surface area contributed by atoms with Gasteiger partial charge in [0.05, 0.1) is 6.10 Å². The zero-order chi connectivity index (χ0) is 19.7. The Morgan fingerprint density at radius 2 is 1.86 bits per heavy atom. The molecule has 0 saturated carbocycles. The Balaban J connectivity index is 0.00000392. The van der Waals surface area contributed by atoms with Crippen molar-refractivity contribution in [3.8, 4) is 0 Å². The summed E-state index contributed by atoms with van der Waals surface area (Å²) in [6, 6.07) is 0. The summed E-state index contributed by atoms with van der Waals surface area (Å²) in [5.41, 5.74) is 0.146. The van der Waals surface area contributed by atoms with Crippen molar-refractivity contribution in [2.75, 3.05) is 60.1 Å². The summed E-state index contributed by atoms with van der Waals surface area (Å²) in [5, 5.41) is 3.64. The minimum atomic E-state index is 0. The van der Waals surface area contributed by atoms with E-state index in [1.54, 1.807) is 7.11 Å². The van der Waals surface area contributed by atoms with Gasteiger partial charge in [-0.25, -0.2) is 0 Å². The van der Waals surface area contributed by atoms with Gasteiger partial charge >= 0.3 is 0 Å². The number of hydrogen-bond acceptors (Lipinski definition) is 4. The summed E-state index contributed by atoms with van der Waals surface area (Å²) < 4.78 is 11.1. The number of nitrogens with one attached hydrogen (secondary N) is 1. The lowest BCUT2D eigenvalue weighted by molar-refractivity contribution is 0.00967. The lowest BCUT2D eigenvalue weighted by Gasteiger charge is -2.44. The maximum absolute atomic E-state index is 5.98. The first-order valence-electron chi connectivity index (χ1n) is 10.8. The van der Waals surface area contributed by atoms with Crippen LogP contribution in [0.25, 0.3) is 0 Å². The number of guanidine groups is 1. The molecule has 0 bridgehead atoms. The molecule has 2 aliphatic rings. The highest BCUT2D eigenvalue weighted by Crippen LogP contribution is 2.23. The molecular weight excluding hydrogens is 467 g/mol. The van der Waals surface area contributed by atoms with Crippen molar-refractivity contribution in [1.29, 1.82) is 0 Å². The van der Waals surface area contributed by atoms with Gasteiger partial charge in [0.2, 0.25) is 0 Å². The van der Waals surface area contributed by atoms with Gasteiger partial charge in [0.15, 0.2) is 5.96 Å². The van der Waals surface area contributed by atoms with Crippen LogP contribution in [-0.4, -0.2) is 87.5 Å². The van der Waals surface area contributed by atoms with Gasteiger partial charge in [0.25, 0.3) is 0 Å². The third-order valence-electron chi connectivity index (χ3n) is 5.99. The van der Waals surface area contributed by atoms with Crippen molar-refractivity contribution < 1.29 is 9.47 Å². The van der Waals surface area contributed by atoms with Crippen molar-refractivity contribution in [1.82, 2.24) is 15.1 Å². The van der Waals surface area contributed by atoms with Crippen LogP contribution in [0, 0.1) is 5.92 Å². The molecule has 1 atom stereocenters. The van der Waals surface area contributed by atoms with Crippen LogP contribution in [0.1, 0.15) is 52.9 Å². The second-order valence-electron chi connectivity index (χ2n) is 8.81. The number of nitrogens with zero attached hydrogens (tertiary/aromatic N) is 3. The van der Waals surface area contributed by atoms with Crippen LogP contribution < -0.4 is 5.32 Å². The molecule has 2 rings (SSSR count). The third-order valence-corrected chi connectivity index (χ3v) is 5.99. The van der Waals surface area contributed by atoms with E-state index in [1.807, 2.05) is 7.05 Å². The zero-order valence-corrected chi connectivity index (χ0v) is 21.0. The van der Waals surface area contributed by atoms with Crippen molar-refractivity contribution >= 4 is 29.9 Å². The maximum Gasteiger partial charge on any atom is 0.193 e. The Morgan fingerprint density at radius 3 is 2.46 bits per heavy atom. The van der Waals surface area contributed by atoms with Crippen LogP contribution >= 0.6 is 24.0 Å². The van der Waals surface area contributed by atoms with Gasteiger partial charge in [-0.05, 0) is 58.4 Å². The van der Waals surface area contributed by atoms with Crippen LogP contribution in [0.3, 0.4) is 0 Å². The molecule has 0 amide bonds. The van der Waals surface area contributed by atoms with E-state index in [0.29, 0.717) is 6.10 Å². The Morgan fingerprint density at radius 1 is 1.14 bits per heavy atom. The van der Waals surface area contributed by atoms with Gasteiger partial charge in [-0.3, -0.25) is 9.89 Å². The summed E-state index contributed by atoms with van der Waals surface area (Å²) in [4.78, 5) is 9.56. The average molecular weight is 511 g/mol. The molecule has 0 spiro atoms. The highest BCUT2D eigenvalue weighted by molar-refractivity contribution is 14.0. The van der Waals surface area contributed by atoms with Crippen LogP contribution in [0.15, 0.2) is 4.99 Å². The molecule has 2 aliphatic heterocycles. The standard InChI is InChI=1S/C21H42N4O2.HI/c1-18-8-6-11-25(16-18)21(2,3)17-23-20(22-4)24-12-9-19(10-13-24)27-15-7-14-26-5;/h18-19H,6-17H2,1-5H3,(H,22,23);1H. The summed E-state index contributed by atoms with van der Waals surface area (Å²) in [5.74, 6) is 1.84.